The van der Waals surface area contributed by atoms with Crippen LogP contribution in [-0.4, -0.2) is 39.3 Å². The van der Waals surface area contributed by atoms with Crippen molar-refractivity contribution in [3.63, 3.8) is 0 Å². The lowest BCUT2D eigenvalue weighted by Gasteiger charge is -2.28. The average Bonchev–Trinajstić information content (AvgIpc) is 2.74. The van der Waals surface area contributed by atoms with Crippen LogP contribution in [0.5, 0.6) is 17.2 Å². The largest absolute Gasteiger partial charge is 0.496 e. The molecule has 0 fully saturated rings. The Morgan fingerprint density at radius 2 is 1.79 bits per heavy atom. The van der Waals surface area contributed by atoms with Crippen LogP contribution in [-0.2, 0) is 6.54 Å². The highest BCUT2D eigenvalue weighted by Gasteiger charge is 2.21. The molecule has 0 bridgehead atoms. The van der Waals surface area contributed by atoms with Crippen molar-refractivity contribution in [1.29, 1.82) is 5.26 Å². The highest BCUT2D eigenvalue weighted by molar-refractivity contribution is 5.77. The zero-order valence-electron chi connectivity index (χ0n) is 16.3. The molecule has 0 atom stereocenters. The molecule has 0 amide bonds. The van der Waals surface area contributed by atoms with Crippen molar-refractivity contribution in [1.82, 2.24) is 4.90 Å². The lowest BCUT2D eigenvalue weighted by molar-refractivity contribution is 0.288. The molecular formula is C22H23FN2O3. The summed E-state index contributed by atoms with van der Waals surface area (Å²) in [6.45, 7) is 1.97. The molecule has 1 heterocycles. The molecule has 3 rings (SSSR count). The summed E-state index contributed by atoms with van der Waals surface area (Å²) in [7, 11) is 4.86. The highest BCUT2D eigenvalue weighted by atomic mass is 19.1. The van der Waals surface area contributed by atoms with E-state index < -0.39 is 0 Å². The number of methoxy groups -OCH3 is 3. The van der Waals surface area contributed by atoms with Crippen LogP contribution < -0.4 is 14.2 Å². The monoisotopic (exact) mass is 382 g/mol. The molecule has 0 radical (unpaired) electrons. The molecule has 28 heavy (non-hydrogen) atoms. The maximum absolute atomic E-state index is 14.2. The van der Waals surface area contributed by atoms with Gasteiger partial charge in [-0.2, -0.15) is 5.26 Å². The van der Waals surface area contributed by atoms with Crippen LogP contribution in [0.15, 0.2) is 36.4 Å². The number of ether oxygens (including phenoxy) is 3. The first-order valence-electron chi connectivity index (χ1n) is 9.00. The van der Waals surface area contributed by atoms with Gasteiger partial charge in [-0.05, 0) is 24.1 Å². The van der Waals surface area contributed by atoms with Gasteiger partial charge in [-0.3, -0.25) is 4.90 Å². The maximum Gasteiger partial charge on any atom is 0.133 e. The molecule has 6 heteroatoms. The van der Waals surface area contributed by atoms with Gasteiger partial charge in [0.2, 0.25) is 0 Å². The summed E-state index contributed by atoms with van der Waals surface area (Å²) in [4.78, 5) is 2.16. The molecule has 2 aromatic rings. The highest BCUT2D eigenvalue weighted by Crippen LogP contribution is 2.40. The van der Waals surface area contributed by atoms with E-state index in [1.807, 2.05) is 18.2 Å². The third-order valence-corrected chi connectivity index (χ3v) is 4.91. The molecule has 0 aliphatic carbocycles. The van der Waals surface area contributed by atoms with Crippen molar-refractivity contribution in [2.75, 3.05) is 34.4 Å². The SMILES string of the molecule is COc1cc(OC)c(C2=CCN(Cc3ccc(C#N)cc3F)CC2)c(OC)c1. The molecule has 1 aliphatic rings. The molecule has 0 saturated carbocycles. The van der Waals surface area contributed by atoms with E-state index in [0.717, 1.165) is 24.1 Å². The number of benzene rings is 2. The molecule has 0 aromatic heterocycles. The van der Waals surface area contributed by atoms with Crippen LogP contribution in [0.1, 0.15) is 23.1 Å². The van der Waals surface area contributed by atoms with Crippen molar-refractivity contribution in [2.24, 2.45) is 0 Å². The lowest BCUT2D eigenvalue weighted by atomic mass is 9.97. The van der Waals surface area contributed by atoms with Gasteiger partial charge < -0.3 is 14.2 Å². The first-order valence-corrected chi connectivity index (χ1v) is 9.00. The van der Waals surface area contributed by atoms with Gasteiger partial charge in [-0.15, -0.1) is 0 Å². The Balaban J connectivity index is 1.80. The second kappa shape index (κ2) is 8.77. The lowest BCUT2D eigenvalue weighted by Crippen LogP contribution is -2.28. The van der Waals surface area contributed by atoms with Gasteiger partial charge in [-0.25, -0.2) is 4.39 Å². The minimum Gasteiger partial charge on any atom is -0.496 e. The van der Waals surface area contributed by atoms with E-state index in [1.165, 1.54) is 6.07 Å². The smallest absolute Gasteiger partial charge is 0.133 e. The van der Waals surface area contributed by atoms with Crippen LogP contribution in [0.2, 0.25) is 0 Å². The quantitative estimate of drug-likeness (QED) is 0.756. The fourth-order valence-electron chi connectivity index (χ4n) is 3.39. The summed E-state index contributed by atoms with van der Waals surface area (Å²) in [5, 5.41) is 8.87. The van der Waals surface area contributed by atoms with E-state index in [-0.39, 0.29) is 5.82 Å². The third-order valence-electron chi connectivity index (χ3n) is 4.91. The second-order valence-electron chi connectivity index (χ2n) is 6.54. The van der Waals surface area contributed by atoms with Crippen LogP contribution in [0, 0.1) is 17.1 Å². The summed E-state index contributed by atoms with van der Waals surface area (Å²) >= 11 is 0. The van der Waals surface area contributed by atoms with Crippen molar-refractivity contribution < 1.29 is 18.6 Å². The summed E-state index contributed by atoms with van der Waals surface area (Å²) in [5.41, 5.74) is 2.99. The zero-order valence-corrected chi connectivity index (χ0v) is 16.3. The van der Waals surface area contributed by atoms with Gasteiger partial charge in [-0.1, -0.05) is 12.1 Å². The van der Waals surface area contributed by atoms with E-state index in [1.54, 1.807) is 33.5 Å². The van der Waals surface area contributed by atoms with Gasteiger partial charge in [0, 0.05) is 37.3 Å². The van der Waals surface area contributed by atoms with Crippen molar-refractivity contribution in [3.05, 3.63) is 58.9 Å². The fourth-order valence-corrected chi connectivity index (χ4v) is 3.39. The van der Waals surface area contributed by atoms with Gasteiger partial charge in [0.15, 0.2) is 0 Å². The Morgan fingerprint density at radius 1 is 1.07 bits per heavy atom. The Morgan fingerprint density at radius 3 is 2.29 bits per heavy atom. The summed E-state index contributed by atoms with van der Waals surface area (Å²) < 4.78 is 30.6. The van der Waals surface area contributed by atoms with E-state index in [9.17, 15) is 4.39 Å². The minimum absolute atomic E-state index is 0.334. The first-order chi connectivity index (χ1) is 13.6. The molecule has 146 valence electrons. The molecule has 0 spiro atoms. The summed E-state index contributed by atoms with van der Waals surface area (Å²) in [6, 6.07) is 10.3. The molecule has 0 N–H and O–H groups in total. The Kier molecular flexibility index (Phi) is 6.17. The normalized spacial score (nSPS) is 14.2. The van der Waals surface area contributed by atoms with E-state index >= 15 is 0 Å². The van der Waals surface area contributed by atoms with Crippen LogP contribution in [0.4, 0.5) is 4.39 Å². The number of hydrogen-bond donors (Lipinski definition) is 0. The van der Waals surface area contributed by atoms with Crippen LogP contribution >= 0.6 is 0 Å². The van der Waals surface area contributed by atoms with Crippen LogP contribution in [0.3, 0.4) is 0 Å². The van der Waals surface area contributed by atoms with Crippen molar-refractivity contribution >= 4 is 5.57 Å². The number of halogens is 1. The molecule has 2 aromatic carbocycles. The van der Waals surface area contributed by atoms with Gasteiger partial charge in [0.1, 0.15) is 23.1 Å². The zero-order chi connectivity index (χ0) is 20.1. The Hall–Kier alpha value is -3.04. The number of nitrogens with zero attached hydrogens (tertiary/aromatic N) is 2. The fraction of sp³-hybridized carbons (Fsp3) is 0.318. The van der Waals surface area contributed by atoms with E-state index in [2.05, 4.69) is 11.0 Å². The van der Waals surface area contributed by atoms with Gasteiger partial charge in [0.25, 0.3) is 0 Å². The Labute approximate surface area is 164 Å². The van der Waals surface area contributed by atoms with Crippen LogP contribution in [0.25, 0.3) is 5.57 Å². The predicted molar refractivity (Wildman–Crippen MR) is 105 cm³/mol. The van der Waals surface area contributed by atoms with Crippen molar-refractivity contribution in [2.45, 2.75) is 13.0 Å². The molecule has 5 nitrogen and oxygen atoms in total. The first kappa shape index (κ1) is 19.7. The molecule has 0 saturated heterocycles. The molecular weight excluding hydrogens is 359 g/mol. The van der Waals surface area contributed by atoms with E-state index in [0.29, 0.717) is 41.5 Å². The van der Waals surface area contributed by atoms with E-state index in [4.69, 9.17) is 19.5 Å². The third kappa shape index (κ3) is 4.10. The standard InChI is InChI=1S/C22H23FN2O3/c1-26-18-11-20(27-2)22(21(12-18)28-3)16-6-8-25(9-7-16)14-17-5-4-15(13-24)10-19(17)23/h4-6,10-12H,7-9,14H2,1-3H3. The Bertz CT molecular complexity index is 909. The average molecular weight is 382 g/mol. The second-order valence-corrected chi connectivity index (χ2v) is 6.54. The molecule has 1 aliphatic heterocycles. The number of nitriles is 1. The minimum atomic E-state index is -0.340. The summed E-state index contributed by atoms with van der Waals surface area (Å²) in [5.74, 6) is 1.74. The number of hydrogen-bond acceptors (Lipinski definition) is 5. The predicted octanol–water partition coefficient (Wildman–Crippen LogP) is 4.01. The van der Waals surface area contributed by atoms with Gasteiger partial charge >= 0.3 is 0 Å². The maximum atomic E-state index is 14.2. The van der Waals surface area contributed by atoms with Gasteiger partial charge in [0.05, 0.1) is 38.5 Å². The number of rotatable bonds is 6. The van der Waals surface area contributed by atoms with Crippen molar-refractivity contribution in [3.8, 4) is 23.3 Å². The molecule has 0 unspecified atom stereocenters. The summed E-state index contributed by atoms with van der Waals surface area (Å²) in [6.07, 6.45) is 2.91. The topological polar surface area (TPSA) is 54.7 Å².